The van der Waals surface area contributed by atoms with Gasteiger partial charge in [0, 0.05) is 6.92 Å². The number of carboxylic acid groups (broad SMARTS) is 1. The van der Waals surface area contributed by atoms with Crippen molar-refractivity contribution >= 4 is 28.1 Å². The van der Waals surface area contributed by atoms with Crippen LogP contribution in [0.15, 0.2) is 0 Å². The molecule has 0 aliphatic carbocycles. The Morgan fingerprint density at radius 2 is 1.86 bits per heavy atom. The van der Waals surface area contributed by atoms with Gasteiger partial charge in [-0.1, -0.05) is 5.17 Å². The first-order valence-corrected chi connectivity index (χ1v) is 7.54. The zero-order valence-corrected chi connectivity index (χ0v) is 13.0. The van der Waals surface area contributed by atoms with Crippen LogP contribution >= 0.6 is 0 Å². The molecule has 2 heterocycles. The second-order valence-electron chi connectivity index (χ2n) is 5.49. The molecule has 22 heavy (non-hydrogen) atoms. The summed E-state index contributed by atoms with van der Waals surface area (Å²) in [6.45, 7) is 4.79. The van der Waals surface area contributed by atoms with Gasteiger partial charge in [-0.15, -0.1) is 0 Å². The predicted molar refractivity (Wildman–Crippen MR) is 67.7 cm³/mol. The third kappa shape index (κ3) is 1.91. The average molecular weight is 337 g/mol. The highest BCUT2D eigenvalue weighted by atomic mass is 32.2. The molecule has 124 valence electrons. The molecule has 2 rings (SSSR count). The fraction of sp³-hybridized carbons (Fsp3) is 0.700. The molecule has 1 spiro atoms. The van der Waals surface area contributed by atoms with Crippen molar-refractivity contribution in [2.45, 2.75) is 45.0 Å². The van der Waals surface area contributed by atoms with Crippen LogP contribution in [0.3, 0.4) is 0 Å². The van der Waals surface area contributed by atoms with E-state index in [1.165, 1.54) is 20.8 Å². The van der Waals surface area contributed by atoms with E-state index >= 15 is 0 Å². The second kappa shape index (κ2) is 4.38. The third-order valence-electron chi connectivity index (χ3n) is 3.58. The first-order chi connectivity index (χ1) is 9.79. The van der Waals surface area contributed by atoms with Crippen molar-refractivity contribution < 1.29 is 37.3 Å². The smallest absolute Gasteiger partial charge is 0.362 e. The second-order valence-corrected chi connectivity index (χ2v) is 6.78. The van der Waals surface area contributed by atoms with Crippen LogP contribution in [0.4, 0.5) is 0 Å². The summed E-state index contributed by atoms with van der Waals surface area (Å²) in [6, 6.07) is -1.14. The van der Waals surface area contributed by atoms with Gasteiger partial charge in [0.15, 0.2) is 5.60 Å². The maximum Gasteiger partial charge on any atom is 0.362 e. The van der Waals surface area contributed by atoms with Crippen molar-refractivity contribution in [3.05, 3.63) is 0 Å². The van der Waals surface area contributed by atoms with Crippen LogP contribution in [0.2, 0.25) is 0 Å². The minimum atomic E-state index is -4.78. The average Bonchev–Trinajstić information content (AvgIpc) is 2.98. The minimum absolute atomic E-state index is 0.195. The quantitative estimate of drug-likeness (QED) is 0.359. The topological polar surface area (TPSA) is 144 Å². The number of amides is 2. The maximum atomic E-state index is 12.1. The molecule has 2 N–H and O–H groups in total. The molecule has 2 saturated heterocycles. The summed E-state index contributed by atoms with van der Waals surface area (Å²) >= 11 is 0. The molecule has 11 nitrogen and oxygen atoms in total. The molecule has 0 aromatic carbocycles. The van der Waals surface area contributed by atoms with Gasteiger partial charge >= 0.3 is 16.3 Å². The lowest BCUT2D eigenvalue weighted by atomic mass is 9.96. The van der Waals surface area contributed by atoms with E-state index < -0.39 is 45.4 Å². The number of hydroxylamine groups is 1. The van der Waals surface area contributed by atoms with E-state index in [4.69, 9.17) is 14.5 Å². The zero-order valence-electron chi connectivity index (χ0n) is 12.2. The normalized spacial score (nSPS) is 31.2. The molecule has 0 aromatic heterocycles. The minimum Gasteiger partial charge on any atom is -0.479 e. The van der Waals surface area contributed by atoms with E-state index in [0.29, 0.717) is 0 Å². The Kier molecular flexibility index (Phi) is 3.30. The van der Waals surface area contributed by atoms with Gasteiger partial charge in [0.2, 0.25) is 5.91 Å². The third-order valence-corrected chi connectivity index (χ3v) is 4.56. The van der Waals surface area contributed by atoms with E-state index in [1.807, 2.05) is 0 Å². The molecule has 0 aromatic rings. The first kappa shape index (κ1) is 16.6. The van der Waals surface area contributed by atoms with Crippen molar-refractivity contribution in [3.63, 3.8) is 0 Å². The van der Waals surface area contributed by atoms with Crippen molar-refractivity contribution in [1.29, 1.82) is 0 Å². The summed E-state index contributed by atoms with van der Waals surface area (Å²) in [5.74, 6) is -3.08. The van der Waals surface area contributed by atoms with Crippen LogP contribution in [0.1, 0.15) is 27.7 Å². The van der Waals surface area contributed by atoms with E-state index in [0.717, 1.165) is 17.1 Å². The lowest BCUT2D eigenvalue weighted by Crippen LogP contribution is -2.70. The number of hydrogen-bond donors (Lipinski definition) is 2. The van der Waals surface area contributed by atoms with E-state index in [9.17, 15) is 22.8 Å². The van der Waals surface area contributed by atoms with Gasteiger partial charge in [-0.25, -0.2) is 14.1 Å². The molecule has 2 aliphatic heterocycles. The molecular weight excluding hydrogens is 322 g/mol. The van der Waals surface area contributed by atoms with Gasteiger partial charge < -0.3 is 5.11 Å². The first-order valence-electron chi connectivity index (χ1n) is 6.14. The van der Waals surface area contributed by atoms with E-state index in [1.54, 1.807) is 0 Å². The summed E-state index contributed by atoms with van der Waals surface area (Å²) in [4.78, 5) is 39.9. The van der Waals surface area contributed by atoms with Crippen molar-refractivity contribution in [3.8, 4) is 0 Å². The zero-order chi connectivity index (χ0) is 17.2. The Hall–Kier alpha value is -1.76. The molecule has 0 bridgehead atoms. The number of nitrogens with zero attached hydrogens (tertiary/aromatic N) is 3. The summed E-state index contributed by atoms with van der Waals surface area (Å²) in [5.41, 5.74) is -3.51. The van der Waals surface area contributed by atoms with Gasteiger partial charge in [0.25, 0.3) is 11.6 Å². The predicted octanol–water partition coefficient (Wildman–Crippen LogP) is -1.41. The van der Waals surface area contributed by atoms with Crippen LogP contribution in [-0.4, -0.2) is 67.7 Å². The number of carbonyl (C=O) groups is 3. The number of rotatable bonds is 4. The van der Waals surface area contributed by atoms with Crippen LogP contribution in [0, 0.1) is 0 Å². The molecular formula is C10H15N3O8S. The van der Waals surface area contributed by atoms with Gasteiger partial charge in [-0.3, -0.25) is 19.0 Å². The van der Waals surface area contributed by atoms with Crippen molar-refractivity contribution in [1.82, 2.24) is 14.5 Å². The van der Waals surface area contributed by atoms with Crippen molar-refractivity contribution in [2.75, 3.05) is 0 Å². The number of hydrogen-bond acceptors (Lipinski definition) is 7. The van der Waals surface area contributed by atoms with E-state index in [-0.39, 0.29) is 4.31 Å². The molecule has 3 unspecified atom stereocenters. The highest BCUT2D eigenvalue weighted by molar-refractivity contribution is 7.84. The summed E-state index contributed by atoms with van der Waals surface area (Å²) in [6.07, 6.45) is 0. The molecule has 3 atom stereocenters. The van der Waals surface area contributed by atoms with Gasteiger partial charge in [0.05, 0.1) is 6.04 Å². The lowest BCUT2D eigenvalue weighted by molar-refractivity contribution is -0.229. The van der Waals surface area contributed by atoms with E-state index in [2.05, 4.69) is 0 Å². The summed E-state index contributed by atoms with van der Waals surface area (Å²) in [7, 11) is -4.78. The molecule has 0 radical (unpaired) electrons. The Morgan fingerprint density at radius 3 is 2.18 bits per heavy atom. The highest BCUT2D eigenvalue weighted by Gasteiger charge is 2.84. The largest absolute Gasteiger partial charge is 0.479 e. The number of aliphatic carboxylic acids is 1. The van der Waals surface area contributed by atoms with Crippen LogP contribution in [0.5, 0.6) is 0 Å². The standard InChI is InChI=1S/C10H15N3O8S/c1-5-10(7(15)11(5)22(18,19)20)12(6(2)14)13(10)21-9(3,4)8(16)17/h5H,1-4H3,(H,16,17)(H,18,19,20). The van der Waals surface area contributed by atoms with Crippen molar-refractivity contribution in [2.24, 2.45) is 0 Å². The van der Waals surface area contributed by atoms with Gasteiger partial charge in [-0.2, -0.15) is 8.42 Å². The molecule has 0 saturated carbocycles. The number of hydrazine groups is 1. The fourth-order valence-electron chi connectivity index (χ4n) is 2.37. The SMILES string of the molecule is CC(=O)N1N(OC(C)(C)C(=O)O)C12C(=O)N(S(=O)(=O)O)C2C. The lowest BCUT2D eigenvalue weighted by Gasteiger charge is -2.40. The Bertz CT molecular complexity index is 674. The number of carbonyl (C=O) groups excluding carboxylic acids is 2. The molecule has 2 amide bonds. The number of carboxylic acids is 1. The Labute approximate surface area is 125 Å². The Morgan fingerprint density at radius 1 is 1.36 bits per heavy atom. The van der Waals surface area contributed by atoms with Crippen LogP contribution in [0.25, 0.3) is 0 Å². The van der Waals surface area contributed by atoms with Crippen LogP contribution < -0.4 is 0 Å². The van der Waals surface area contributed by atoms with Gasteiger partial charge in [-0.05, 0) is 20.8 Å². The van der Waals surface area contributed by atoms with Gasteiger partial charge in [0.1, 0.15) is 0 Å². The van der Waals surface area contributed by atoms with Crippen LogP contribution in [-0.2, 0) is 29.5 Å². The fourth-order valence-corrected chi connectivity index (χ4v) is 3.26. The highest BCUT2D eigenvalue weighted by Crippen LogP contribution is 2.54. The molecule has 12 heteroatoms. The monoisotopic (exact) mass is 337 g/mol. The summed E-state index contributed by atoms with van der Waals surface area (Å²) < 4.78 is 31.4. The molecule has 2 aliphatic rings. The Balaban J connectivity index is 2.34. The number of β-lactam (4-membered cyclic amide) rings is 1. The maximum absolute atomic E-state index is 12.1. The summed E-state index contributed by atoms with van der Waals surface area (Å²) in [5, 5.41) is 10.6. The molecule has 2 fully saturated rings.